The van der Waals surface area contributed by atoms with E-state index in [1.165, 1.54) is 16.2 Å². The van der Waals surface area contributed by atoms with E-state index in [4.69, 9.17) is 0 Å². The molecule has 0 radical (unpaired) electrons. The van der Waals surface area contributed by atoms with Gasteiger partial charge in [0, 0.05) is 0 Å². The SMILES string of the molecule is Cc1ccccc1N1C(=O)C[C@@H]([NH+]2CCCCC2)C1=O. The third-order valence-corrected chi connectivity index (χ3v) is 4.49. The molecule has 20 heavy (non-hydrogen) atoms. The van der Waals surface area contributed by atoms with Gasteiger partial charge in [-0.2, -0.15) is 0 Å². The predicted molar refractivity (Wildman–Crippen MR) is 76.6 cm³/mol. The van der Waals surface area contributed by atoms with Crippen molar-refractivity contribution >= 4 is 17.5 Å². The number of amides is 2. The highest BCUT2D eigenvalue weighted by molar-refractivity contribution is 6.22. The average Bonchev–Trinajstić information content (AvgIpc) is 2.76. The van der Waals surface area contributed by atoms with Crippen molar-refractivity contribution in [2.24, 2.45) is 0 Å². The molecule has 0 aromatic heterocycles. The largest absolute Gasteiger partial charge is 0.324 e. The van der Waals surface area contributed by atoms with Gasteiger partial charge in [-0.25, -0.2) is 4.90 Å². The topological polar surface area (TPSA) is 41.8 Å². The lowest BCUT2D eigenvalue weighted by Crippen LogP contribution is -3.17. The van der Waals surface area contributed by atoms with Crippen molar-refractivity contribution in [3.8, 4) is 0 Å². The first-order chi connectivity index (χ1) is 9.68. The quantitative estimate of drug-likeness (QED) is 0.806. The average molecular weight is 273 g/mol. The van der Waals surface area contributed by atoms with Gasteiger partial charge in [-0.3, -0.25) is 9.59 Å². The van der Waals surface area contributed by atoms with Crippen LogP contribution in [0, 0.1) is 6.92 Å². The number of para-hydroxylation sites is 1. The number of nitrogens with one attached hydrogen (secondary N) is 1. The molecule has 0 bridgehead atoms. The van der Waals surface area contributed by atoms with Crippen LogP contribution >= 0.6 is 0 Å². The van der Waals surface area contributed by atoms with Crippen LogP contribution in [0.5, 0.6) is 0 Å². The van der Waals surface area contributed by atoms with E-state index < -0.39 is 0 Å². The number of rotatable bonds is 2. The smallest absolute Gasteiger partial charge is 0.292 e. The Hall–Kier alpha value is -1.68. The Morgan fingerprint density at radius 3 is 2.50 bits per heavy atom. The molecule has 0 saturated carbocycles. The maximum atomic E-state index is 12.7. The minimum atomic E-state index is -0.164. The summed E-state index contributed by atoms with van der Waals surface area (Å²) in [5, 5.41) is 0. The van der Waals surface area contributed by atoms with E-state index in [9.17, 15) is 9.59 Å². The molecule has 1 aromatic rings. The first-order valence-electron chi connectivity index (χ1n) is 7.45. The van der Waals surface area contributed by atoms with Gasteiger partial charge in [0.25, 0.3) is 5.91 Å². The van der Waals surface area contributed by atoms with Gasteiger partial charge >= 0.3 is 0 Å². The fourth-order valence-corrected chi connectivity index (χ4v) is 3.37. The third kappa shape index (κ3) is 2.24. The molecule has 0 spiro atoms. The fourth-order valence-electron chi connectivity index (χ4n) is 3.37. The van der Waals surface area contributed by atoms with Crippen molar-refractivity contribution in [2.75, 3.05) is 18.0 Å². The summed E-state index contributed by atoms with van der Waals surface area (Å²) >= 11 is 0. The summed E-state index contributed by atoms with van der Waals surface area (Å²) in [6.45, 7) is 3.98. The van der Waals surface area contributed by atoms with E-state index in [1.54, 1.807) is 0 Å². The minimum absolute atomic E-state index is 0.0128. The second-order valence-electron chi connectivity index (χ2n) is 5.83. The highest BCUT2D eigenvalue weighted by atomic mass is 16.2. The lowest BCUT2D eigenvalue weighted by molar-refractivity contribution is -0.919. The number of hydrogen-bond donors (Lipinski definition) is 1. The number of aryl methyl sites for hydroxylation is 1. The summed E-state index contributed by atoms with van der Waals surface area (Å²) in [6.07, 6.45) is 3.94. The molecule has 2 aliphatic heterocycles. The van der Waals surface area contributed by atoms with E-state index in [2.05, 4.69) is 0 Å². The van der Waals surface area contributed by atoms with Crippen molar-refractivity contribution in [1.82, 2.24) is 0 Å². The van der Waals surface area contributed by atoms with Gasteiger partial charge in [0.2, 0.25) is 5.91 Å². The van der Waals surface area contributed by atoms with Gasteiger partial charge in [0.15, 0.2) is 6.04 Å². The van der Waals surface area contributed by atoms with Crippen LogP contribution in [0.2, 0.25) is 0 Å². The molecule has 2 saturated heterocycles. The summed E-state index contributed by atoms with van der Waals surface area (Å²) in [7, 11) is 0. The molecule has 1 aromatic carbocycles. The Kier molecular flexibility index (Phi) is 3.57. The normalized spacial score (nSPS) is 24.4. The summed E-state index contributed by atoms with van der Waals surface area (Å²) in [6, 6.07) is 7.44. The van der Waals surface area contributed by atoms with Gasteiger partial charge in [-0.05, 0) is 37.8 Å². The highest BCUT2D eigenvalue weighted by Crippen LogP contribution is 2.25. The van der Waals surface area contributed by atoms with Gasteiger partial charge in [-0.15, -0.1) is 0 Å². The van der Waals surface area contributed by atoms with Crippen molar-refractivity contribution < 1.29 is 14.5 Å². The summed E-state index contributed by atoms with van der Waals surface area (Å²) in [5.41, 5.74) is 1.73. The van der Waals surface area contributed by atoms with Crippen LogP contribution < -0.4 is 9.80 Å². The Labute approximate surface area is 119 Å². The number of quaternary nitrogens is 1. The molecule has 4 nitrogen and oxygen atoms in total. The Morgan fingerprint density at radius 2 is 1.80 bits per heavy atom. The van der Waals surface area contributed by atoms with E-state index in [0.717, 1.165) is 37.2 Å². The molecule has 2 aliphatic rings. The fraction of sp³-hybridized carbons (Fsp3) is 0.500. The Bertz CT molecular complexity index is 535. The summed E-state index contributed by atoms with van der Waals surface area (Å²) in [4.78, 5) is 27.6. The number of piperidine rings is 1. The molecule has 2 fully saturated rings. The van der Waals surface area contributed by atoms with Crippen LogP contribution in [-0.2, 0) is 9.59 Å². The van der Waals surface area contributed by atoms with Crippen molar-refractivity contribution in [2.45, 2.75) is 38.6 Å². The molecule has 0 unspecified atom stereocenters. The lowest BCUT2D eigenvalue weighted by Gasteiger charge is -2.27. The zero-order chi connectivity index (χ0) is 14.1. The van der Waals surface area contributed by atoms with Crippen LogP contribution in [0.1, 0.15) is 31.2 Å². The van der Waals surface area contributed by atoms with E-state index in [-0.39, 0.29) is 17.9 Å². The number of hydrogen-bond acceptors (Lipinski definition) is 2. The standard InChI is InChI=1S/C16H20N2O2/c1-12-7-3-4-8-13(12)18-15(19)11-14(16(18)20)17-9-5-2-6-10-17/h3-4,7-8,14H,2,5-6,9-11H2,1H3/p+1/t14-/m1/s1. The maximum absolute atomic E-state index is 12.7. The van der Waals surface area contributed by atoms with Gasteiger partial charge < -0.3 is 4.90 Å². The number of carbonyl (C=O) groups excluding carboxylic acids is 2. The van der Waals surface area contributed by atoms with Crippen molar-refractivity contribution in [3.05, 3.63) is 29.8 Å². The van der Waals surface area contributed by atoms with Crippen LogP contribution in [0.25, 0.3) is 0 Å². The van der Waals surface area contributed by atoms with E-state index >= 15 is 0 Å². The van der Waals surface area contributed by atoms with Crippen LogP contribution in [-0.4, -0.2) is 30.9 Å². The van der Waals surface area contributed by atoms with E-state index in [1.807, 2.05) is 31.2 Å². The predicted octanol–water partition coefficient (Wildman–Crippen LogP) is 0.696. The van der Waals surface area contributed by atoms with Crippen LogP contribution in [0.15, 0.2) is 24.3 Å². The van der Waals surface area contributed by atoms with Crippen molar-refractivity contribution in [1.29, 1.82) is 0 Å². The van der Waals surface area contributed by atoms with Gasteiger partial charge in [0.1, 0.15) is 0 Å². The second-order valence-corrected chi connectivity index (χ2v) is 5.83. The van der Waals surface area contributed by atoms with Crippen LogP contribution in [0.3, 0.4) is 0 Å². The molecule has 1 N–H and O–H groups in total. The third-order valence-electron chi connectivity index (χ3n) is 4.49. The molecule has 3 rings (SSSR count). The Morgan fingerprint density at radius 1 is 1.10 bits per heavy atom. The molecular formula is C16H21N2O2+. The van der Waals surface area contributed by atoms with Crippen LogP contribution in [0.4, 0.5) is 5.69 Å². The number of nitrogens with zero attached hydrogens (tertiary/aromatic N) is 1. The molecule has 4 heteroatoms. The molecule has 2 heterocycles. The highest BCUT2D eigenvalue weighted by Gasteiger charge is 2.46. The number of anilines is 1. The molecular weight excluding hydrogens is 252 g/mol. The monoisotopic (exact) mass is 273 g/mol. The number of carbonyl (C=O) groups is 2. The second kappa shape index (κ2) is 5.37. The molecule has 0 aliphatic carbocycles. The first kappa shape index (κ1) is 13.3. The zero-order valence-corrected chi connectivity index (χ0v) is 11.9. The zero-order valence-electron chi connectivity index (χ0n) is 11.9. The van der Waals surface area contributed by atoms with Gasteiger partial charge in [0.05, 0.1) is 25.2 Å². The lowest BCUT2D eigenvalue weighted by atomic mass is 10.1. The number of likely N-dealkylation sites (tertiary alicyclic amines) is 1. The molecule has 106 valence electrons. The summed E-state index contributed by atoms with van der Waals surface area (Å²) in [5.74, 6) is -0.0615. The molecule has 1 atom stereocenters. The van der Waals surface area contributed by atoms with Crippen molar-refractivity contribution in [3.63, 3.8) is 0 Å². The van der Waals surface area contributed by atoms with Gasteiger partial charge in [-0.1, -0.05) is 18.2 Å². The maximum Gasteiger partial charge on any atom is 0.292 e. The summed E-state index contributed by atoms with van der Waals surface area (Å²) < 4.78 is 0. The number of imide groups is 1. The molecule has 2 amide bonds. The minimum Gasteiger partial charge on any atom is -0.324 e. The Balaban J connectivity index is 1.85. The van der Waals surface area contributed by atoms with E-state index in [0.29, 0.717) is 6.42 Å². The first-order valence-corrected chi connectivity index (χ1v) is 7.45. The number of benzene rings is 1.